The minimum atomic E-state index is -0.971. The summed E-state index contributed by atoms with van der Waals surface area (Å²) in [5, 5.41) is 11.9. The van der Waals surface area contributed by atoms with Crippen LogP contribution in [-0.2, 0) is 11.2 Å². The van der Waals surface area contributed by atoms with E-state index in [2.05, 4.69) is 15.3 Å². The third-order valence-electron chi connectivity index (χ3n) is 4.00. The average molecular weight is 310 g/mol. The van der Waals surface area contributed by atoms with Crippen LogP contribution in [0, 0.1) is 6.92 Å². The zero-order chi connectivity index (χ0) is 16.3. The van der Waals surface area contributed by atoms with Crippen molar-refractivity contribution in [2.45, 2.75) is 38.8 Å². The summed E-state index contributed by atoms with van der Waals surface area (Å²) in [4.78, 5) is 31.8. The molecule has 2 rings (SSSR count). The molecule has 2 atom stereocenters. The van der Waals surface area contributed by atoms with Gasteiger partial charge in [-0.05, 0) is 19.8 Å². The number of amides is 2. The Morgan fingerprint density at radius 3 is 2.82 bits per heavy atom. The van der Waals surface area contributed by atoms with Crippen molar-refractivity contribution in [2.24, 2.45) is 0 Å². The van der Waals surface area contributed by atoms with Crippen molar-refractivity contribution in [1.29, 1.82) is 0 Å². The molecule has 0 bridgehead atoms. The van der Waals surface area contributed by atoms with Crippen LogP contribution in [0.5, 0.6) is 0 Å². The molecule has 1 aromatic heterocycles. The third-order valence-corrected chi connectivity index (χ3v) is 4.00. The van der Waals surface area contributed by atoms with E-state index in [1.54, 1.807) is 0 Å². The standard InChI is InChI=1S/C14H22N4O4/c1-4-9-8(2)15-12(16-9)13(19)17-10-5-6-18(14(20)21)7-11(10)22-3/h10-11H,4-7H2,1-3H3,(H,15,16)(H,17,19)(H,20,21)/t10-,11+/m1/s1. The van der Waals surface area contributed by atoms with Crippen molar-refractivity contribution < 1.29 is 19.4 Å². The maximum atomic E-state index is 12.3. The van der Waals surface area contributed by atoms with Crippen LogP contribution in [0.15, 0.2) is 0 Å². The van der Waals surface area contributed by atoms with Crippen molar-refractivity contribution in [3.05, 3.63) is 17.2 Å². The summed E-state index contributed by atoms with van der Waals surface area (Å²) in [7, 11) is 1.52. The quantitative estimate of drug-likeness (QED) is 0.761. The van der Waals surface area contributed by atoms with Gasteiger partial charge < -0.3 is 25.0 Å². The molecule has 1 aliphatic rings. The summed E-state index contributed by atoms with van der Waals surface area (Å²) in [6, 6.07) is -0.233. The molecule has 1 saturated heterocycles. The summed E-state index contributed by atoms with van der Waals surface area (Å²) in [5.41, 5.74) is 1.76. The number of aryl methyl sites for hydroxylation is 2. The number of methoxy groups -OCH3 is 1. The van der Waals surface area contributed by atoms with Gasteiger partial charge in [-0.3, -0.25) is 4.79 Å². The molecule has 0 aromatic carbocycles. The lowest BCUT2D eigenvalue weighted by Crippen LogP contribution is -2.55. The number of hydrogen-bond donors (Lipinski definition) is 3. The first kappa shape index (κ1) is 16.3. The van der Waals surface area contributed by atoms with Crippen LogP contribution in [0.4, 0.5) is 4.79 Å². The number of nitrogens with one attached hydrogen (secondary N) is 2. The molecule has 8 heteroatoms. The maximum Gasteiger partial charge on any atom is 0.407 e. The average Bonchev–Trinajstić information content (AvgIpc) is 2.88. The number of piperidine rings is 1. The van der Waals surface area contributed by atoms with E-state index < -0.39 is 6.09 Å². The van der Waals surface area contributed by atoms with Gasteiger partial charge in [0.2, 0.25) is 0 Å². The van der Waals surface area contributed by atoms with Gasteiger partial charge in [0.15, 0.2) is 5.82 Å². The fourth-order valence-corrected chi connectivity index (χ4v) is 2.68. The Kier molecular flexibility index (Phi) is 5.02. The molecule has 0 unspecified atom stereocenters. The Morgan fingerprint density at radius 2 is 2.27 bits per heavy atom. The van der Waals surface area contributed by atoms with Gasteiger partial charge in [0.05, 0.1) is 24.4 Å². The number of likely N-dealkylation sites (tertiary alicyclic amines) is 1. The van der Waals surface area contributed by atoms with Crippen LogP contribution in [0.3, 0.4) is 0 Å². The van der Waals surface area contributed by atoms with Gasteiger partial charge in [-0.25, -0.2) is 9.78 Å². The molecule has 1 aromatic rings. The number of nitrogens with zero attached hydrogens (tertiary/aromatic N) is 2. The Bertz CT molecular complexity index is 557. The van der Waals surface area contributed by atoms with Crippen molar-refractivity contribution in [3.8, 4) is 0 Å². The lowest BCUT2D eigenvalue weighted by atomic mass is 10.0. The van der Waals surface area contributed by atoms with Crippen molar-refractivity contribution in [1.82, 2.24) is 20.2 Å². The molecular weight excluding hydrogens is 288 g/mol. The molecule has 22 heavy (non-hydrogen) atoms. The van der Waals surface area contributed by atoms with Gasteiger partial charge in [-0.2, -0.15) is 0 Å². The highest BCUT2D eigenvalue weighted by molar-refractivity contribution is 5.91. The van der Waals surface area contributed by atoms with Crippen LogP contribution in [0.1, 0.15) is 35.4 Å². The van der Waals surface area contributed by atoms with E-state index in [1.165, 1.54) is 12.0 Å². The molecule has 1 fully saturated rings. The minimum absolute atomic E-state index is 0.233. The number of ether oxygens (including phenoxy) is 1. The number of carbonyl (C=O) groups is 2. The SMILES string of the molecule is CCc1[nH]c(C(=O)N[C@@H]2CCN(C(=O)O)C[C@@H]2OC)nc1C. The molecule has 8 nitrogen and oxygen atoms in total. The van der Waals surface area contributed by atoms with Gasteiger partial charge in [0.25, 0.3) is 5.91 Å². The summed E-state index contributed by atoms with van der Waals surface area (Å²) >= 11 is 0. The number of carboxylic acid groups (broad SMARTS) is 1. The zero-order valence-corrected chi connectivity index (χ0v) is 13.0. The first-order valence-corrected chi connectivity index (χ1v) is 7.33. The highest BCUT2D eigenvalue weighted by Gasteiger charge is 2.33. The molecule has 2 heterocycles. The monoisotopic (exact) mass is 310 g/mol. The van der Waals surface area contributed by atoms with Crippen LogP contribution >= 0.6 is 0 Å². The van der Waals surface area contributed by atoms with E-state index in [0.29, 0.717) is 13.0 Å². The van der Waals surface area contributed by atoms with Gasteiger partial charge >= 0.3 is 6.09 Å². The van der Waals surface area contributed by atoms with Gasteiger partial charge in [0, 0.05) is 19.3 Å². The van der Waals surface area contributed by atoms with Gasteiger partial charge in [-0.1, -0.05) is 6.92 Å². The van der Waals surface area contributed by atoms with E-state index >= 15 is 0 Å². The van der Waals surface area contributed by atoms with Crippen molar-refractivity contribution in [3.63, 3.8) is 0 Å². The summed E-state index contributed by atoms with van der Waals surface area (Å²) in [6.07, 6.45) is -0.0442. The molecular formula is C14H22N4O4. The topological polar surface area (TPSA) is 108 Å². The highest BCUT2D eigenvalue weighted by atomic mass is 16.5. The minimum Gasteiger partial charge on any atom is -0.465 e. The number of H-pyrrole nitrogens is 1. The van der Waals surface area contributed by atoms with Crippen LogP contribution in [0.25, 0.3) is 0 Å². The van der Waals surface area contributed by atoms with Crippen LogP contribution < -0.4 is 5.32 Å². The van der Waals surface area contributed by atoms with Gasteiger partial charge in [-0.15, -0.1) is 0 Å². The van der Waals surface area contributed by atoms with E-state index in [4.69, 9.17) is 9.84 Å². The molecule has 0 aliphatic carbocycles. The number of aromatic amines is 1. The number of rotatable bonds is 4. The predicted octanol–water partition coefficient (Wildman–Crippen LogP) is 0.778. The van der Waals surface area contributed by atoms with Crippen LogP contribution in [0.2, 0.25) is 0 Å². The molecule has 2 amide bonds. The maximum absolute atomic E-state index is 12.3. The lowest BCUT2D eigenvalue weighted by molar-refractivity contribution is 0.0100. The molecule has 1 aliphatic heterocycles. The summed E-state index contributed by atoms with van der Waals surface area (Å²) in [5.74, 6) is -0.0107. The van der Waals surface area contributed by atoms with E-state index in [-0.39, 0.29) is 30.4 Å². The fourth-order valence-electron chi connectivity index (χ4n) is 2.68. The smallest absolute Gasteiger partial charge is 0.407 e. The first-order chi connectivity index (χ1) is 10.5. The lowest BCUT2D eigenvalue weighted by Gasteiger charge is -2.36. The molecule has 0 radical (unpaired) electrons. The molecule has 0 spiro atoms. The molecule has 3 N–H and O–H groups in total. The summed E-state index contributed by atoms with van der Waals surface area (Å²) in [6.45, 7) is 4.46. The second-order valence-corrected chi connectivity index (χ2v) is 5.37. The van der Waals surface area contributed by atoms with E-state index in [9.17, 15) is 9.59 Å². The number of hydrogen-bond acceptors (Lipinski definition) is 4. The van der Waals surface area contributed by atoms with E-state index in [1.807, 2.05) is 13.8 Å². The number of imidazole rings is 1. The predicted molar refractivity (Wildman–Crippen MR) is 79.0 cm³/mol. The number of carbonyl (C=O) groups excluding carboxylic acids is 1. The van der Waals surface area contributed by atoms with Gasteiger partial charge in [0.1, 0.15) is 0 Å². The Labute approximate surface area is 128 Å². The first-order valence-electron chi connectivity index (χ1n) is 7.33. The Hall–Kier alpha value is -2.09. The zero-order valence-electron chi connectivity index (χ0n) is 13.0. The fraction of sp³-hybridized carbons (Fsp3) is 0.643. The van der Waals surface area contributed by atoms with Crippen molar-refractivity contribution in [2.75, 3.05) is 20.2 Å². The normalized spacial score (nSPS) is 21.7. The second-order valence-electron chi connectivity index (χ2n) is 5.37. The van der Waals surface area contributed by atoms with Crippen molar-refractivity contribution >= 4 is 12.0 Å². The highest BCUT2D eigenvalue weighted by Crippen LogP contribution is 2.15. The van der Waals surface area contributed by atoms with E-state index in [0.717, 1.165) is 17.8 Å². The Morgan fingerprint density at radius 1 is 1.55 bits per heavy atom. The second kappa shape index (κ2) is 6.78. The molecule has 122 valence electrons. The number of aromatic nitrogens is 2. The third kappa shape index (κ3) is 3.38. The largest absolute Gasteiger partial charge is 0.465 e. The van der Waals surface area contributed by atoms with Crippen LogP contribution in [-0.4, -0.2) is 64.3 Å². The summed E-state index contributed by atoms with van der Waals surface area (Å²) < 4.78 is 5.32. The molecule has 0 saturated carbocycles. The Balaban J connectivity index is 2.02.